The Balaban J connectivity index is 2.08. The molecule has 0 fully saturated rings. The van der Waals surface area contributed by atoms with Crippen molar-refractivity contribution in [3.8, 4) is 0 Å². The van der Waals surface area contributed by atoms with Crippen LogP contribution in [0, 0.1) is 5.92 Å². The lowest BCUT2D eigenvalue weighted by Gasteiger charge is -2.16. The van der Waals surface area contributed by atoms with Crippen LogP contribution in [-0.2, 0) is 78.5 Å². The van der Waals surface area contributed by atoms with Crippen LogP contribution >= 0.6 is 0 Å². The van der Waals surface area contributed by atoms with Gasteiger partial charge in [0.25, 0.3) is 0 Å². The second kappa shape index (κ2) is 49.6. The van der Waals surface area contributed by atoms with Gasteiger partial charge in [0.15, 0.2) is 11.6 Å². The SMILES string of the molecule is CCCCc1ccc(C(=O)CCCNC(=O)COCCOCCCC(=O)CC[C@H](NC(=O)CC[C@H](CC(=O)COCCOCCNC(=O)CCCS(=O)(=O)NC(=O)CCCCCCCCCCCCCCCCC(=O)O)C(=O)O)C(=O)O)cc1. The molecule has 1 aromatic carbocycles. The lowest BCUT2D eigenvalue weighted by atomic mass is 9.97. The molecule has 2 atom stereocenters. The summed E-state index contributed by atoms with van der Waals surface area (Å²) in [6.45, 7) is 2.61. The van der Waals surface area contributed by atoms with Crippen molar-refractivity contribution in [1.29, 1.82) is 0 Å². The summed E-state index contributed by atoms with van der Waals surface area (Å²) in [5.74, 6) is -7.90. The number of aryl methyl sites for hydroxylation is 1. The third-order valence-electron chi connectivity index (χ3n) is 13.6. The third-order valence-corrected chi connectivity index (χ3v) is 14.9. The van der Waals surface area contributed by atoms with E-state index < -0.39 is 76.4 Å². The maximum absolute atomic E-state index is 12.6. The molecule has 0 spiro atoms. The first-order chi connectivity index (χ1) is 40.3. The molecule has 478 valence electrons. The quantitative estimate of drug-likeness (QED) is 0.0255. The standard InChI is InChI=1S/C60H98N4O19S/c1-2-3-21-47-27-29-48(30-28-47)53(67)23-18-35-61-57(71)46-83-42-39-80-37-19-22-50(65)32-33-52(60(76)77)63-55(69)34-31-49(59(74)75)44-51(66)45-82-41-40-81-38-36-62-54(68)25-20-43-84(78,79)64-56(70)24-16-14-12-10-8-6-4-5-7-9-11-13-15-17-26-58(72)73/h27-30,49,52H,2-26,31-46H2,1H3,(H,61,71)(H,62,68)(H,63,69)(H,64,70)(H,72,73)(H,74,75)(H,76,77)/t49-,52+/m1/s1. The van der Waals surface area contributed by atoms with E-state index in [2.05, 4.69) is 27.6 Å². The molecule has 0 aliphatic carbocycles. The van der Waals surface area contributed by atoms with Crippen LogP contribution in [0.2, 0.25) is 0 Å². The first-order valence-corrected chi connectivity index (χ1v) is 32.0. The predicted octanol–water partition coefficient (Wildman–Crippen LogP) is 6.98. The van der Waals surface area contributed by atoms with Gasteiger partial charge in [0.05, 0.1) is 44.7 Å². The number of sulfonamides is 1. The van der Waals surface area contributed by atoms with Crippen molar-refractivity contribution in [3.63, 3.8) is 0 Å². The van der Waals surface area contributed by atoms with Gasteiger partial charge in [0, 0.05) is 76.6 Å². The van der Waals surface area contributed by atoms with Crippen molar-refractivity contribution in [2.45, 2.75) is 206 Å². The highest BCUT2D eigenvalue weighted by Gasteiger charge is 2.25. The highest BCUT2D eigenvalue weighted by atomic mass is 32.2. The van der Waals surface area contributed by atoms with E-state index in [1.54, 1.807) is 0 Å². The molecule has 0 saturated carbocycles. The maximum atomic E-state index is 12.6. The third kappa shape index (κ3) is 44.8. The Kier molecular flexibility index (Phi) is 45.0. The molecule has 23 nitrogen and oxygen atoms in total. The van der Waals surface area contributed by atoms with Gasteiger partial charge in [0.2, 0.25) is 33.7 Å². The fraction of sp³-hybridized carbons (Fsp3) is 0.733. The number of ketones is 3. The van der Waals surface area contributed by atoms with Crippen molar-refractivity contribution < 1.29 is 90.6 Å². The largest absolute Gasteiger partial charge is 0.481 e. The Bertz CT molecular complexity index is 2190. The van der Waals surface area contributed by atoms with Crippen molar-refractivity contribution in [2.75, 3.05) is 71.7 Å². The summed E-state index contributed by atoms with van der Waals surface area (Å²) in [7, 11) is -3.89. The number of amides is 4. The van der Waals surface area contributed by atoms with Gasteiger partial charge in [0.1, 0.15) is 25.0 Å². The zero-order valence-corrected chi connectivity index (χ0v) is 50.6. The highest BCUT2D eigenvalue weighted by Crippen LogP contribution is 2.16. The molecule has 0 aliphatic rings. The number of carbonyl (C=O) groups excluding carboxylic acids is 7. The number of carbonyl (C=O) groups is 10. The molecule has 0 heterocycles. The molecule has 1 aromatic rings. The summed E-state index contributed by atoms with van der Waals surface area (Å²) in [4.78, 5) is 121. The minimum absolute atomic E-state index is 0.00603. The number of hydrogen-bond acceptors (Lipinski definition) is 16. The summed E-state index contributed by atoms with van der Waals surface area (Å²) in [6.07, 6.45) is 17.8. The minimum Gasteiger partial charge on any atom is -0.481 e. The highest BCUT2D eigenvalue weighted by molar-refractivity contribution is 7.90. The fourth-order valence-corrected chi connectivity index (χ4v) is 9.79. The van der Waals surface area contributed by atoms with E-state index >= 15 is 0 Å². The van der Waals surface area contributed by atoms with E-state index in [-0.39, 0.29) is 134 Å². The lowest BCUT2D eigenvalue weighted by Crippen LogP contribution is -2.41. The Morgan fingerprint density at radius 2 is 1.04 bits per heavy atom. The molecule has 4 amide bonds. The molecule has 0 unspecified atom stereocenters. The van der Waals surface area contributed by atoms with Gasteiger partial charge in [-0.2, -0.15) is 0 Å². The number of ether oxygens (including phenoxy) is 4. The van der Waals surface area contributed by atoms with Crippen LogP contribution in [0.4, 0.5) is 0 Å². The number of aliphatic carboxylic acids is 3. The Morgan fingerprint density at radius 3 is 1.63 bits per heavy atom. The minimum atomic E-state index is -3.89. The lowest BCUT2D eigenvalue weighted by molar-refractivity contribution is -0.145. The van der Waals surface area contributed by atoms with Crippen LogP contribution < -0.4 is 20.7 Å². The van der Waals surface area contributed by atoms with Crippen molar-refractivity contribution in [3.05, 3.63) is 35.4 Å². The van der Waals surface area contributed by atoms with Crippen LogP contribution in [0.5, 0.6) is 0 Å². The number of benzene rings is 1. The average Bonchev–Trinajstić information content (AvgIpc) is 3.49. The van der Waals surface area contributed by atoms with E-state index in [1.165, 1.54) is 31.2 Å². The van der Waals surface area contributed by atoms with Crippen LogP contribution in [0.1, 0.15) is 209 Å². The van der Waals surface area contributed by atoms with Gasteiger partial charge in [-0.25, -0.2) is 13.2 Å². The first kappa shape index (κ1) is 76.3. The van der Waals surface area contributed by atoms with Gasteiger partial charge >= 0.3 is 17.9 Å². The van der Waals surface area contributed by atoms with Crippen LogP contribution in [0.25, 0.3) is 0 Å². The van der Waals surface area contributed by atoms with E-state index in [0.717, 1.165) is 77.0 Å². The summed E-state index contributed by atoms with van der Waals surface area (Å²) in [5, 5.41) is 35.6. The number of rotatable bonds is 58. The molecule has 0 saturated heterocycles. The van der Waals surface area contributed by atoms with E-state index in [1.807, 2.05) is 24.3 Å². The summed E-state index contributed by atoms with van der Waals surface area (Å²) in [6, 6.07) is 6.24. The molecule has 84 heavy (non-hydrogen) atoms. The predicted molar refractivity (Wildman–Crippen MR) is 314 cm³/mol. The molecule has 0 aromatic heterocycles. The van der Waals surface area contributed by atoms with Crippen LogP contribution in [0.15, 0.2) is 24.3 Å². The van der Waals surface area contributed by atoms with Gasteiger partial charge in [-0.15, -0.1) is 0 Å². The Labute approximate surface area is 497 Å². The van der Waals surface area contributed by atoms with Gasteiger partial charge in [-0.3, -0.25) is 47.9 Å². The molecule has 1 rings (SSSR count). The van der Waals surface area contributed by atoms with E-state index in [9.17, 15) is 66.6 Å². The maximum Gasteiger partial charge on any atom is 0.326 e. The Morgan fingerprint density at radius 1 is 0.476 bits per heavy atom. The van der Waals surface area contributed by atoms with Crippen molar-refractivity contribution in [1.82, 2.24) is 20.7 Å². The summed E-state index contributed by atoms with van der Waals surface area (Å²) in [5.41, 5.74) is 1.86. The van der Waals surface area contributed by atoms with E-state index in [4.69, 9.17) is 24.1 Å². The Hall–Kier alpha value is -5.69. The number of hydrogen-bond donors (Lipinski definition) is 7. The molecule has 0 bridgehead atoms. The molecule has 24 heteroatoms. The molecular weight excluding hydrogens is 1110 g/mol. The normalized spacial score (nSPS) is 12.0. The van der Waals surface area contributed by atoms with Crippen molar-refractivity contribution >= 4 is 68.9 Å². The van der Waals surface area contributed by atoms with Gasteiger partial charge < -0.3 is 50.2 Å². The second-order valence-corrected chi connectivity index (χ2v) is 22.9. The zero-order chi connectivity index (χ0) is 62.1. The molecular formula is C60H98N4O19S. The number of unbranched alkanes of at least 4 members (excludes halogenated alkanes) is 14. The average molecular weight is 1210 g/mol. The van der Waals surface area contributed by atoms with Gasteiger partial charge in [-0.1, -0.05) is 115 Å². The molecule has 7 N–H and O–H groups in total. The first-order valence-electron chi connectivity index (χ1n) is 30.3. The summed E-state index contributed by atoms with van der Waals surface area (Å²) < 4.78 is 48.2. The van der Waals surface area contributed by atoms with Gasteiger partial charge in [-0.05, 0) is 63.4 Å². The monoisotopic (exact) mass is 1210 g/mol. The fourth-order valence-electron chi connectivity index (χ4n) is 8.71. The second-order valence-electron chi connectivity index (χ2n) is 21.1. The van der Waals surface area contributed by atoms with Crippen LogP contribution in [-0.4, -0.2) is 160 Å². The van der Waals surface area contributed by atoms with E-state index in [0.29, 0.717) is 37.8 Å². The topological polar surface area (TPSA) is 351 Å². The number of carboxylic acids is 3. The number of carboxylic acid groups (broad SMARTS) is 3. The van der Waals surface area contributed by atoms with Crippen LogP contribution in [0.3, 0.4) is 0 Å². The number of nitrogens with one attached hydrogen (secondary N) is 4. The number of Topliss-reactive ketones (excluding diaryl/α,β-unsaturated/α-hetero) is 3. The zero-order valence-electron chi connectivity index (χ0n) is 49.7. The molecule has 0 radical (unpaired) electrons. The molecule has 0 aliphatic heterocycles. The summed E-state index contributed by atoms with van der Waals surface area (Å²) >= 11 is 0. The van der Waals surface area contributed by atoms with Crippen molar-refractivity contribution in [2.24, 2.45) is 5.92 Å². The smallest absolute Gasteiger partial charge is 0.326 e.